The average Bonchev–Trinajstić information content (AvgIpc) is 2.03. The maximum atomic E-state index is 8.15. The van der Waals surface area contributed by atoms with E-state index < -0.39 is 0 Å². The second kappa shape index (κ2) is 3.36. The monoisotopic (exact) mass is 131 g/mol. The zero-order valence-corrected chi connectivity index (χ0v) is 5.23. The first kappa shape index (κ1) is 6.43. The van der Waals surface area contributed by atoms with Crippen LogP contribution < -0.4 is 0 Å². The van der Waals surface area contributed by atoms with E-state index in [9.17, 15) is 0 Å². The minimum Gasteiger partial charge on any atom is -0.244 e. The van der Waals surface area contributed by atoms with E-state index in [1.807, 2.05) is 6.07 Å². The molecular formula is C7H5N3. The van der Waals surface area contributed by atoms with Crippen LogP contribution in [-0.4, -0.2) is 9.97 Å². The third-order valence-electron chi connectivity index (χ3n) is 0.931. The lowest BCUT2D eigenvalue weighted by atomic mass is 10.3. The Balaban J connectivity index is 2.79. The van der Waals surface area contributed by atoms with Crippen molar-refractivity contribution in [2.45, 2.75) is 0 Å². The van der Waals surface area contributed by atoms with E-state index in [1.54, 1.807) is 18.5 Å². The van der Waals surface area contributed by atoms with Gasteiger partial charge in [-0.2, -0.15) is 5.26 Å². The topological polar surface area (TPSA) is 49.6 Å². The Morgan fingerprint density at radius 2 is 2.10 bits per heavy atom. The van der Waals surface area contributed by atoms with Crippen LogP contribution in [0.4, 0.5) is 0 Å². The van der Waals surface area contributed by atoms with Crippen LogP contribution >= 0.6 is 0 Å². The van der Waals surface area contributed by atoms with Gasteiger partial charge >= 0.3 is 0 Å². The Bertz CT molecular complexity index is 258. The summed E-state index contributed by atoms with van der Waals surface area (Å²) >= 11 is 0. The van der Waals surface area contributed by atoms with Crippen LogP contribution in [0.1, 0.15) is 5.56 Å². The maximum Gasteiger partial charge on any atom is 0.115 e. The highest BCUT2D eigenvalue weighted by atomic mass is 14.8. The van der Waals surface area contributed by atoms with Crippen LogP contribution in [-0.2, 0) is 0 Å². The summed E-state index contributed by atoms with van der Waals surface area (Å²) in [6.07, 6.45) is 7.77. The summed E-state index contributed by atoms with van der Waals surface area (Å²) in [5.41, 5.74) is 0.837. The molecule has 1 heterocycles. The highest BCUT2D eigenvalue weighted by molar-refractivity contribution is 5.48. The molecule has 0 radical (unpaired) electrons. The maximum absolute atomic E-state index is 8.15. The lowest BCUT2D eigenvalue weighted by Gasteiger charge is -1.84. The molecule has 0 aliphatic rings. The Hall–Kier alpha value is -1.69. The van der Waals surface area contributed by atoms with Crippen molar-refractivity contribution >= 4 is 6.08 Å². The van der Waals surface area contributed by atoms with Crippen molar-refractivity contribution in [3.8, 4) is 6.07 Å². The van der Waals surface area contributed by atoms with Crippen molar-refractivity contribution < 1.29 is 0 Å². The molecule has 0 atom stereocenters. The third kappa shape index (κ3) is 1.67. The number of nitriles is 1. The molecule has 0 amide bonds. The lowest BCUT2D eigenvalue weighted by molar-refractivity contribution is 1.16. The fourth-order valence-electron chi connectivity index (χ4n) is 0.530. The molecule has 0 N–H and O–H groups in total. The van der Waals surface area contributed by atoms with Gasteiger partial charge in [-0.05, 0) is 6.08 Å². The molecule has 48 valence electrons. The molecule has 0 spiro atoms. The quantitative estimate of drug-likeness (QED) is 0.534. The summed E-state index contributed by atoms with van der Waals surface area (Å²) in [6, 6.07) is 1.88. The van der Waals surface area contributed by atoms with Gasteiger partial charge in [0.25, 0.3) is 0 Å². The number of allylic oxidation sites excluding steroid dienone is 1. The van der Waals surface area contributed by atoms with Crippen molar-refractivity contribution in [1.82, 2.24) is 9.97 Å². The molecule has 0 saturated carbocycles. The highest BCUT2D eigenvalue weighted by Gasteiger charge is 1.81. The summed E-state index contributed by atoms with van der Waals surface area (Å²) < 4.78 is 0. The molecule has 0 unspecified atom stereocenters. The molecule has 0 aliphatic carbocycles. The summed E-state index contributed by atoms with van der Waals surface area (Å²) in [5.74, 6) is 0. The SMILES string of the molecule is N#CC=Cc1cncnc1. The number of hydrogen-bond donors (Lipinski definition) is 0. The Kier molecular flexibility index (Phi) is 2.16. The molecule has 1 rings (SSSR count). The van der Waals surface area contributed by atoms with E-state index in [0.29, 0.717) is 0 Å². The van der Waals surface area contributed by atoms with Crippen LogP contribution in [0.15, 0.2) is 24.8 Å². The van der Waals surface area contributed by atoms with E-state index in [1.165, 1.54) is 12.4 Å². The van der Waals surface area contributed by atoms with Crippen molar-refractivity contribution in [3.63, 3.8) is 0 Å². The molecule has 1 aromatic heterocycles. The molecule has 3 heteroatoms. The fourth-order valence-corrected chi connectivity index (χ4v) is 0.530. The normalized spacial score (nSPS) is 9.50. The van der Waals surface area contributed by atoms with Gasteiger partial charge in [0.2, 0.25) is 0 Å². The van der Waals surface area contributed by atoms with Crippen LogP contribution in [0, 0.1) is 11.3 Å². The molecule has 0 aromatic carbocycles. The van der Waals surface area contributed by atoms with E-state index in [2.05, 4.69) is 9.97 Å². The number of nitrogens with zero attached hydrogens (tertiary/aromatic N) is 3. The van der Waals surface area contributed by atoms with Crippen LogP contribution in [0.2, 0.25) is 0 Å². The summed E-state index contributed by atoms with van der Waals surface area (Å²) in [4.78, 5) is 7.53. The molecule has 0 saturated heterocycles. The fraction of sp³-hybridized carbons (Fsp3) is 0. The van der Waals surface area contributed by atoms with Gasteiger partial charge in [-0.25, -0.2) is 9.97 Å². The molecule has 0 fully saturated rings. The van der Waals surface area contributed by atoms with E-state index >= 15 is 0 Å². The van der Waals surface area contributed by atoms with Crippen molar-refractivity contribution in [2.75, 3.05) is 0 Å². The molecular weight excluding hydrogens is 126 g/mol. The first-order valence-electron chi connectivity index (χ1n) is 2.74. The summed E-state index contributed by atoms with van der Waals surface area (Å²) in [5, 5.41) is 8.15. The van der Waals surface area contributed by atoms with Crippen molar-refractivity contribution in [1.29, 1.82) is 5.26 Å². The first-order chi connectivity index (χ1) is 4.93. The molecule has 3 nitrogen and oxygen atoms in total. The Labute approximate surface area is 58.7 Å². The number of aromatic nitrogens is 2. The molecule has 10 heavy (non-hydrogen) atoms. The van der Waals surface area contributed by atoms with Gasteiger partial charge in [0.1, 0.15) is 6.33 Å². The van der Waals surface area contributed by atoms with Gasteiger partial charge < -0.3 is 0 Å². The smallest absolute Gasteiger partial charge is 0.115 e. The van der Waals surface area contributed by atoms with E-state index in [-0.39, 0.29) is 0 Å². The predicted octanol–water partition coefficient (Wildman–Crippen LogP) is 1.01. The summed E-state index contributed by atoms with van der Waals surface area (Å²) in [7, 11) is 0. The standard InChI is InChI=1S/C7H5N3/c8-3-1-2-7-4-9-6-10-5-7/h1-2,4-6H. The highest BCUT2D eigenvalue weighted by Crippen LogP contribution is 1.94. The van der Waals surface area contributed by atoms with Gasteiger partial charge in [0.15, 0.2) is 0 Å². The first-order valence-corrected chi connectivity index (χ1v) is 2.74. The van der Waals surface area contributed by atoms with Gasteiger partial charge in [-0.3, -0.25) is 0 Å². The zero-order valence-electron chi connectivity index (χ0n) is 5.23. The minimum atomic E-state index is 0.837. The van der Waals surface area contributed by atoms with Gasteiger partial charge in [0, 0.05) is 24.0 Å². The molecule has 1 aromatic rings. The minimum absolute atomic E-state index is 0.837. The zero-order chi connectivity index (χ0) is 7.23. The van der Waals surface area contributed by atoms with E-state index in [0.717, 1.165) is 5.56 Å². The van der Waals surface area contributed by atoms with Crippen LogP contribution in [0.5, 0.6) is 0 Å². The van der Waals surface area contributed by atoms with Crippen molar-refractivity contribution in [3.05, 3.63) is 30.4 Å². The predicted molar refractivity (Wildman–Crippen MR) is 36.7 cm³/mol. The Morgan fingerprint density at radius 3 is 2.70 bits per heavy atom. The summed E-state index contributed by atoms with van der Waals surface area (Å²) in [6.45, 7) is 0. The van der Waals surface area contributed by atoms with E-state index in [4.69, 9.17) is 5.26 Å². The van der Waals surface area contributed by atoms with Crippen molar-refractivity contribution in [2.24, 2.45) is 0 Å². The second-order valence-electron chi connectivity index (χ2n) is 1.63. The Morgan fingerprint density at radius 1 is 1.40 bits per heavy atom. The van der Waals surface area contributed by atoms with Gasteiger partial charge in [-0.15, -0.1) is 0 Å². The van der Waals surface area contributed by atoms with Gasteiger partial charge in [0.05, 0.1) is 6.07 Å². The van der Waals surface area contributed by atoms with Crippen LogP contribution in [0.3, 0.4) is 0 Å². The average molecular weight is 131 g/mol. The second-order valence-corrected chi connectivity index (χ2v) is 1.63. The number of rotatable bonds is 1. The number of hydrogen-bond acceptors (Lipinski definition) is 3. The van der Waals surface area contributed by atoms with Crippen LogP contribution in [0.25, 0.3) is 6.08 Å². The largest absolute Gasteiger partial charge is 0.244 e. The van der Waals surface area contributed by atoms with Gasteiger partial charge in [-0.1, -0.05) is 0 Å². The molecule has 0 aliphatic heterocycles. The molecule has 0 bridgehead atoms. The third-order valence-corrected chi connectivity index (χ3v) is 0.931. The lowest BCUT2D eigenvalue weighted by Crippen LogP contribution is -1.76.